The predicted molar refractivity (Wildman–Crippen MR) is 230 cm³/mol. The average Bonchev–Trinajstić information content (AvgIpc) is 3.84. The second kappa shape index (κ2) is 22.2. The van der Waals surface area contributed by atoms with Gasteiger partial charge in [0.2, 0.25) is 5.82 Å². The maximum absolute atomic E-state index is 12.2. The van der Waals surface area contributed by atoms with Crippen molar-refractivity contribution in [2.75, 3.05) is 65.3 Å². The number of hydrogen-bond acceptors (Lipinski definition) is 14. The molecule has 5 atom stereocenters. The number of esters is 1. The van der Waals surface area contributed by atoms with Crippen LogP contribution in [0.2, 0.25) is 5.02 Å². The van der Waals surface area contributed by atoms with Crippen LogP contribution in [0.15, 0.2) is 60.9 Å². The normalized spacial score (nSPS) is 23.4. The number of methoxy groups -OCH3 is 1. The first kappa shape index (κ1) is 46.3. The number of carbonyl (C=O) groups excluding carboxylic acids is 2. The first-order valence-corrected chi connectivity index (χ1v) is 21.3. The lowest BCUT2D eigenvalue weighted by Crippen LogP contribution is -2.48. The molecule has 18 heteroatoms. The van der Waals surface area contributed by atoms with Crippen molar-refractivity contribution in [2.45, 2.75) is 69.6 Å². The van der Waals surface area contributed by atoms with E-state index in [9.17, 15) is 24.6 Å². The minimum Gasteiger partial charge on any atom is -0.480 e. The van der Waals surface area contributed by atoms with Gasteiger partial charge < -0.3 is 40.6 Å². The molecule has 2 aromatic carbocycles. The van der Waals surface area contributed by atoms with Crippen molar-refractivity contribution in [3.63, 3.8) is 0 Å². The van der Waals surface area contributed by atoms with Crippen LogP contribution in [0.3, 0.4) is 0 Å². The lowest BCUT2D eigenvalue weighted by atomic mass is 9.81. The van der Waals surface area contributed by atoms with E-state index < -0.39 is 36.4 Å². The highest BCUT2D eigenvalue weighted by Crippen LogP contribution is 2.34. The molecule has 6 N–H and O–H groups in total. The minimum absolute atomic E-state index is 0.0330. The molecule has 4 heterocycles. The van der Waals surface area contributed by atoms with Crippen LogP contribution in [0.5, 0.6) is 0 Å². The number of nitrogens with one attached hydrogen (secondary N) is 1. The number of hydrogen-bond donors (Lipinski definition) is 5. The van der Waals surface area contributed by atoms with Gasteiger partial charge in [0.05, 0.1) is 32.0 Å². The minimum atomic E-state index is -1.42. The lowest BCUT2D eigenvalue weighted by molar-refractivity contribution is -0.147. The molecule has 62 heavy (non-hydrogen) atoms. The molecular formula is C44H55ClN8O9. The summed E-state index contributed by atoms with van der Waals surface area (Å²) in [5.74, 6) is 5.10. The number of aliphatic carboxylic acids is 1. The number of aliphatic hydroxyl groups excluding tert-OH is 2. The van der Waals surface area contributed by atoms with Crippen molar-refractivity contribution in [3.8, 4) is 11.8 Å². The number of aromatic nitrogens is 4. The highest BCUT2D eigenvalue weighted by molar-refractivity contribution is 6.30. The number of rotatable bonds is 13. The van der Waals surface area contributed by atoms with Gasteiger partial charge in [-0.2, -0.15) is 0 Å². The van der Waals surface area contributed by atoms with Crippen LogP contribution in [0.4, 0.5) is 5.82 Å². The number of anilines is 1. The zero-order valence-corrected chi connectivity index (χ0v) is 35.7. The number of aliphatic hydroxyl groups is 2. The topological polar surface area (TPSA) is 228 Å². The Balaban J connectivity index is 0.000000214. The Kier molecular flexibility index (Phi) is 16.6. The summed E-state index contributed by atoms with van der Waals surface area (Å²) in [6.07, 6.45) is 0.253. The standard InChI is InChI=1S/C23H30N6O6.C21H25ClN2O3/c1-3-25-21(32)18-16(30)17(31)22(35-18)29-11-26-15-19(24)27-14(28-20(15)29)6-4-5-12-7-9-13(10-8-12)23(33)34-2;22-19-8-6-18(7-9-19)21(17-4-2-1-3-5-17)24-12-10-23(11-13-24)14-15-27-16-20(25)26/h11-13,16-18,22,30-31H,3,5,7-10H2,1-2H3,(H,25,32)(H2,24,27,28);1-9,21H,10-16H2,(H,25,26)/t12?,13?,16-,17+,18-,22+;/m0./s1. The third-order valence-corrected chi connectivity index (χ3v) is 11.6. The number of nitrogens with two attached hydrogens (primary N) is 1. The molecule has 17 nitrogen and oxygen atoms in total. The van der Waals surface area contributed by atoms with E-state index in [1.807, 2.05) is 18.2 Å². The molecule has 2 aromatic heterocycles. The zero-order valence-electron chi connectivity index (χ0n) is 34.9. The van der Waals surface area contributed by atoms with E-state index in [1.165, 1.54) is 29.1 Å². The number of amides is 1. The van der Waals surface area contributed by atoms with Crippen LogP contribution in [0, 0.1) is 23.7 Å². The van der Waals surface area contributed by atoms with Crippen LogP contribution in [-0.4, -0.2) is 140 Å². The van der Waals surface area contributed by atoms with Crippen molar-refractivity contribution in [3.05, 3.63) is 82.9 Å². The number of nitrogen functional groups attached to an aromatic ring is 1. The highest BCUT2D eigenvalue weighted by Gasteiger charge is 2.47. The first-order valence-electron chi connectivity index (χ1n) is 20.9. The highest BCUT2D eigenvalue weighted by atomic mass is 35.5. The lowest BCUT2D eigenvalue weighted by Gasteiger charge is -2.39. The molecule has 0 spiro atoms. The van der Waals surface area contributed by atoms with E-state index in [4.69, 9.17) is 36.7 Å². The number of carboxylic acid groups (broad SMARTS) is 1. The number of carbonyl (C=O) groups is 3. The number of benzene rings is 2. The van der Waals surface area contributed by atoms with Crippen molar-refractivity contribution >= 4 is 46.4 Å². The number of carboxylic acids is 1. The molecule has 1 unspecified atom stereocenters. The Labute approximate surface area is 365 Å². The molecule has 2 aliphatic heterocycles. The summed E-state index contributed by atoms with van der Waals surface area (Å²) < 4.78 is 17.1. The van der Waals surface area contributed by atoms with Gasteiger partial charge in [-0.1, -0.05) is 60.0 Å². The number of likely N-dealkylation sites (N-methyl/N-ethyl adjacent to an activating group) is 1. The van der Waals surface area contributed by atoms with Gasteiger partial charge in [0.1, 0.15) is 24.3 Å². The van der Waals surface area contributed by atoms with Gasteiger partial charge in [-0.15, -0.1) is 0 Å². The number of halogens is 1. The van der Waals surface area contributed by atoms with Crippen LogP contribution in [0.25, 0.3) is 11.2 Å². The number of imidazole rings is 1. The summed E-state index contributed by atoms with van der Waals surface area (Å²) in [5.41, 5.74) is 9.14. The second-order valence-electron chi connectivity index (χ2n) is 15.5. The molecule has 332 valence electrons. The summed E-state index contributed by atoms with van der Waals surface area (Å²) in [4.78, 5) is 52.0. The molecule has 1 saturated carbocycles. The molecule has 0 radical (unpaired) electrons. The smallest absolute Gasteiger partial charge is 0.329 e. The second-order valence-corrected chi connectivity index (χ2v) is 16.0. The largest absolute Gasteiger partial charge is 0.480 e. The number of nitrogens with zero attached hydrogens (tertiary/aromatic N) is 6. The monoisotopic (exact) mass is 874 g/mol. The van der Waals surface area contributed by atoms with E-state index in [-0.39, 0.29) is 41.8 Å². The first-order chi connectivity index (χ1) is 30.0. The number of piperazine rings is 1. The SMILES string of the molecule is CCNC(=O)[C@H]1O[C@@H](n2cnc3c(N)nc(C#CCC4CCC(C(=O)OC)CC4)nc32)[C@H](O)[C@@H]1O.O=C(O)COCCN1CCN(C(c2ccccc2)c2ccc(Cl)cc2)CC1. The summed E-state index contributed by atoms with van der Waals surface area (Å²) in [5, 5.41) is 32.8. The average molecular weight is 875 g/mol. The molecular weight excluding hydrogens is 820 g/mol. The fourth-order valence-corrected chi connectivity index (χ4v) is 8.22. The van der Waals surface area contributed by atoms with Crippen molar-refractivity contribution in [2.24, 2.45) is 11.8 Å². The van der Waals surface area contributed by atoms with Gasteiger partial charge in [-0.25, -0.2) is 19.7 Å². The zero-order chi connectivity index (χ0) is 44.2. The van der Waals surface area contributed by atoms with Gasteiger partial charge in [0.25, 0.3) is 5.91 Å². The fourth-order valence-electron chi connectivity index (χ4n) is 8.10. The molecule has 1 aliphatic carbocycles. The quantitative estimate of drug-likeness (QED) is 0.0739. The van der Waals surface area contributed by atoms with Gasteiger partial charge in [-0.05, 0) is 67.7 Å². The maximum atomic E-state index is 12.2. The van der Waals surface area contributed by atoms with Crippen LogP contribution in [0.1, 0.15) is 68.2 Å². The van der Waals surface area contributed by atoms with Gasteiger partial charge in [-0.3, -0.25) is 24.0 Å². The Morgan fingerprint density at radius 1 is 0.984 bits per heavy atom. The molecule has 2 saturated heterocycles. The van der Waals surface area contributed by atoms with Gasteiger partial charge in [0.15, 0.2) is 23.8 Å². The van der Waals surface area contributed by atoms with E-state index in [0.29, 0.717) is 31.0 Å². The Bertz CT molecular complexity index is 2170. The van der Waals surface area contributed by atoms with E-state index in [0.717, 1.165) is 63.4 Å². The molecule has 1 amide bonds. The number of fused-ring (bicyclic) bond motifs is 1. The Morgan fingerprint density at radius 2 is 1.68 bits per heavy atom. The fraction of sp³-hybridized carbons (Fsp3) is 0.500. The predicted octanol–water partition coefficient (Wildman–Crippen LogP) is 3.03. The van der Waals surface area contributed by atoms with Crippen LogP contribution >= 0.6 is 11.6 Å². The maximum Gasteiger partial charge on any atom is 0.329 e. The third-order valence-electron chi connectivity index (χ3n) is 11.4. The van der Waals surface area contributed by atoms with E-state index in [2.05, 4.69) is 78.3 Å². The summed E-state index contributed by atoms with van der Waals surface area (Å²) in [6.45, 7) is 6.85. The molecule has 3 aliphatic rings. The summed E-state index contributed by atoms with van der Waals surface area (Å²) in [6, 6.07) is 18.8. The van der Waals surface area contributed by atoms with Crippen molar-refractivity contribution in [1.29, 1.82) is 0 Å². The van der Waals surface area contributed by atoms with Gasteiger partial charge >= 0.3 is 11.9 Å². The Morgan fingerprint density at radius 3 is 2.34 bits per heavy atom. The van der Waals surface area contributed by atoms with E-state index >= 15 is 0 Å². The van der Waals surface area contributed by atoms with Crippen LogP contribution in [-0.2, 0) is 28.6 Å². The summed E-state index contributed by atoms with van der Waals surface area (Å²) in [7, 11) is 1.41. The molecule has 4 aromatic rings. The number of ether oxygens (including phenoxy) is 3. The van der Waals surface area contributed by atoms with Crippen molar-refractivity contribution in [1.82, 2.24) is 34.6 Å². The molecule has 3 fully saturated rings. The molecule has 7 rings (SSSR count). The third kappa shape index (κ3) is 11.8. The molecule has 0 bridgehead atoms. The van der Waals surface area contributed by atoms with Crippen molar-refractivity contribution < 1.29 is 43.9 Å². The van der Waals surface area contributed by atoms with E-state index in [1.54, 1.807) is 6.92 Å². The summed E-state index contributed by atoms with van der Waals surface area (Å²) >= 11 is 6.08. The Hall–Kier alpha value is -5.19. The van der Waals surface area contributed by atoms with Gasteiger partial charge in [0, 0.05) is 50.7 Å². The van der Waals surface area contributed by atoms with Crippen LogP contribution < -0.4 is 11.1 Å².